The van der Waals surface area contributed by atoms with E-state index in [1.165, 1.54) is 0 Å². The molecular weight excluding hydrogens is 505 g/mol. The highest BCUT2D eigenvalue weighted by atomic mass is 35.5. The summed E-state index contributed by atoms with van der Waals surface area (Å²) < 4.78 is 19.1. The van der Waals surface area contributed by atoms with E-state index >= 15 is 0 Å². The molecule has 2 unspecified atom stereocenters. The number of nitrogens with two attached hydrogens (primary N) is 1. The number of halogens is 2. The smallest absolute Gasteiger partial charge is 0.412 e. The molecule has 0 radical (unpaired) electrons. The number of nitrogens with zero attached hydrogens (tertiary/aromatic N) is 3. The molecule has 0 spiro atoms. The van der Waals surface area contributed by atoms with Crippen molar-refractivity contribution in [1.82, 2.24) is 9.78 Å². The number of hydrogen-bond acceptors (Lipinski definition) is 7. The van der Waals surface area contributed by atoms with Gasteiger partial charge in [0.1, 0.15) is 18.1 Å². The second-order valence-electron chi connectivity index (χ2n) is 9.96. The number of aliphatic imine (C=N–C) groups is 1. The summed E-state index contributed by atoms with van der Waals surface area (Å²) in [5, 5.41) is 7.69. The van der Waals surface area contributed by atoms with Gasteiger partial charge in [-0.25, -0.2) is 9.48 Å². The minimum Gasteiger partial charge on any atom is -0.444 e. The Bertz CT molecular complexity index is 1120. The first kappa shape index (κ1) is 26.7. The maximum absolute atomic E-state index is 12.7. The molecule has 2 aliphatic heterocycles. The summed E-state index contributed by atoms with van der Waals surface area (Å²) >= 11 is 12.8. The van der Waals surface area contributed by atoms with Crippen molar-refractivity contribution >= 4 is 46.4 Å². The Morgan fingerprint density at radius 2 is 1.92 bits per heavy atom. The first-order valence-corrected chi connectivity index (χ1v) is 13.0. The average molecular weight is 538 g/mol. The van der Waals surface area contributed by atoms with Crippen molar-refractivity contribution in [1.29, 1.82) is 0 Å². The number of anilines is 2. The molecule has 2 aromatic rings. The molecule has 9 nitrogen and oxygen atoms in total. The van der Waals surface area contributed by atoms with Crippen molar-refractivity contribution in [2.45, 2.75) is 77.4 Å². The summed E-state index contributed by atoms with van der Waals surface area (Å²) in [6.07, 6.45) is 8.14. The average Bonchev–Trinajstić information content (AvgIpc) is 3.32. The van der Waals surface area contributed by atoms with E-state index in [-0.39, 0.29) is 28.2 Å². The van der Waals surface area contributed by atoms with Gasteiger partial charge in [-0.1, -0.05) is 23.2 Å². The van der Waals surface area contributed by atoms with Gasteiger partial charge in [-0.2, -0.15) is 5.10 Å². The molecule has 2 saturated heterocycles. The fraction of sp³-hybridized carbons (Fsp3) is 0.560. The van der Waals surface area contributed by atoms with Crippen LogP contribution in [0.4, 0.5) is 16.2 Å². The third-order valence-corrected chi connectivity index (χ3v) is 6.68. The highest BCUT2D eigenvalue weighted by Crippen LogP contribution is 2.38. The van der Waals surface area contributed by atoms with Gasteiger partial charge in [0.25, 0.3) is 0 Å². The minimum atomic E-state index is -0.694. The van der Waals surface area contributed by atoms with Crippen LogP contribution in [0.2, 0.25) is 10.0 Å². The second-order valence-corrected chi connectivity index (χ2v) is 10.7. The van der Waals surface area contributed by atoms with Gasteiger partial charge in [0.05, 0.1) is 33.3 Å². The van der Waals surface area contributed by atoms with Gasteiger partial charge in [-0.3, -0.25) is 10.3 Å². The second kappa shape index (κ2) is 11.4. The van der Waals surface area contributed by atoms with Crippen LogP contribution in [0.3, 0.4) is 0 Å². The minimum absolute atomic E-state index is 0.148. The van der Waals surface area contributed by atoms with Gasteiger partial charge >= 0.3 is 6.09 Å². The molecule has 1 amide bonds. The van der Waals surface area contributed by atoms with Gasteiger partial charge in [0.2, 0.25) is 0 Å². The Labute approximate surface area is 221 Å². The lowest BCUT2D eigenvalue weighted by atomic mass is 10.00. The van der Waals surface area contributed by atoms with Crippen LogP contribution in [0.25, 0.3) is 0 Å². The number of benzene rings is 1. The van der Waals surface area contributed by atoms with Crippen molar-refractivity contribution in [2.24, 2.45) is 4.99 Å². The number of aromatic nitrogens is 2. The van der Waals surface area contributed by atoms with Gasteiger partial charge in [0, 0.05) is 30.5 Å². The van der Waals surface area contributed by atoms with Crippen LogP contribution < -0.4 is 11.1 Å². The van der Waals surface area contributed by atoms with Crippen LogP contribution in [-0.2, 0) is 14.2 Å². The Kier molecular flexibility index (Phi) is 8.44. The molecule has 0 bridgehead atoms. The van der Waals surface area contributed by atoms with Crippen LogP contribution >= 0.6 is 23.2 Å². The molecule has 3 heterocycles. The maximum Gasteiger partial charge on any atom is 0.412 e. The molecule has 36 heavy (non-hydrogen) atoms. The van der Waals surface area contributed by atoms with E-state index < -0.39 is 11.7 Å². The van der Waals surface area contributed by atoms with Crippen LogP contribution in [-0.4, -0.2) is 46.6 Å². The Morgan fingerprint density at radius 3 is 2.56 bits per heavy atom. The largest absolute Gasteiger partial charge is 0.444 e. The molecule has 1 aromatic heterocycles. The van der Waals surface area contributed by atoms with Crippen LogP contribution in [0, 0.1) is 0 Å². The Balaban J connectivity index is 1.80. The number of nitrogen functional groups attached to an aromatic ring is 1. The van der Waals surface area contributed by atoms with E-state index in [9.17, 15) is 4.79 Å². The van der Waals surface area contributed by atoms with E-state index in [1.807, 2.05) is 6.20 Å². The zero-order valence-corrected chi connectivity index (χ0v) is 22.4. The quantitative estimate of drug-likeness (QED) is 0.347. The number of amides is 1. The third kappa shape index (κ3) is 6.51. The SMILES string of the molecule is CC(C)(C)OC(=O)Nc1cc(Cl)c(Cl)c(N)c1/C(=N/C1CCCCO1)c1cnn(C2CCCCO2)c1. The number of ether oxygens (including phenoxy) is 3. The monoisotopic (exact) mass is 537 g/mol. The summed E-state index contributed by atoms with van der Waals surface area (Å²) in [5.74, 6) is 0. The van der Waals surface area contributed by atoms with Gasteiger partial charge in [-0.05, 0) is 65.4 Å². The molecule has 0 saturated carbocycles. The summed E-state index contributed by atoms with van der Waals surface area (Å²) in [5.41, 5.74) is 7.92. The Morgan fingerprint density at radius 1 is 1.19 bits per heavy atom. The zero-order valence-electron chi connectivity index (χ0n) is 20.9. The highest BCUT2D eigenvalue weighted by molar-refractivity contribution is 6.45. The number of carbonyl (C=O) groups excluding carboxylic acids is 1. The zero-order chi connectivity index (χ0) is 25.9. The van der Waals surface area contributed by atoms with Gasteiger partial charge in [0.15, 0.2) is 0 Å². The Hall–Kier alpha value is -2.33. The topological polar surface area (TPSA) is 113 Å². The molecule has 3 N–H and O–H groups in total. The van der Waals surface area contributed by atoms with E-state index in [0.717, 1.165) is 38.5 Å². The molecule has 1 aromatic carbocycles. The van der Waals surface area contributed by atoms with Crippen molar-refractivity contribution in [3.63, 3.8) is 0 Å². The lowest BCUT2D eigenvalue weighted by molar-refractivity contribution is -0.0394. The molecule has 2 atom stereocenters. The lowest BCUT2D eigenvalue weighted by Gasteiger charge is -2.24. The maximum atomic E-state index is 12.7. The van der Waals surface area contributed by atoms with Crippen molar-refractivity contribution in [3.8, 4) is 0 Å². The molecule has 4 rings (SSSR count). The summed E-state index contributed by atoms with van der Waals surface area (Å²) in [7, 11) is 0. The third-order valence-electron chi connectivity index (χ3n) is 5.88. The fourth-order valence-electron chi connectivity index (χ4n) is 4.22. The molecular formula is C25H33Cl2N5O4. The lowest BCUT2D eigenvalue weighted by Crippen LogP contribution is -2.28. The normalized spacial score (nSPS) is 21.3. The van der Waals surface area contributed by atoms with Crippen LogP contribution in [0.15, 0.2) is 23.5 Å². The number of carbonyl (C=O) groups is 1. The van der Waals surface area contributed by atoms with Gasteiger partial charge < -0.3 is 19.9 Å². The summed E-state index contributed by atoms with van der Waals surface area (Å²) in [4.78, 5) is 17.6. The van der Waals surface area contributed by atoms with Crippen LogP contribution in [0.5, 0.6) is 0 Å². The number of hydrogen-bond donors (Lipinski definition) is 2. The van der Waals surface area contributed by atoms with Crippen molar-refractivity contribution < 1.29 is 19.0 Å². The van der Waals surface area contributed by atoms with E-state index in [0.29, 0.717) is 35.7 Å². The van der Waals surface area contributed by atoms with Crippen molar-refractivity contribution in [2.75, 3.05) is 24.3 Å². The van der Waals surface area contributed by atoms with Crippen LogP contribution in [0.1, 0.15) is 76.7 Å². The summed E-state index contributed by atoms with van der Waals surface area (Å²) in [6.45, 7) is 6.67. The first-order chi connectivity index (χ1) is 17.1. The predicted octanol–water partition coefficient (Wildman–Crippen LogP) is 6.18. The van der Waals surface area contributed by atoms with E-state index in [4.69, 9.17) is 48.1 Å². The van der Waals surface area contributed by atoms with Crippen molar-refractivity contribution in [3.05, 3.63) is 39.6 Å². The summed E-state index contributed by atoms with van der Waals surface area (Å²) in [6, 6.07) is 1.55. The molecule has 0 aliphatic carbocycles. The predicted molar refractivity (Wildman–Crippen MR) is 141 cm³/mol. The fourth-order valence-corrected chi connectivity index (χ4v) is 4.58. The molecule has 2 aliphatic rings. The molecule has 2 fully saturated rings. The number of nitrogens with one attached hydrogen (secondary N) is 1. The van der Waals surface area contributed by atoms with Gasteiger partial charge in [-0.15, -0.1) is 0 Å². The molecule has 196 valence electrons. The first-order valence-electron chi connectivity index (χ1n) is 12.3. The molecule has 11 heteroatoms. The number of rotatable bonds is 5. The van der Waals surface area contributed by atoms with E-state index in [1.54, 1.807) is 37.7 Å². The standard InChI is InChI=1S/C25H33Cl2N5O4/c1-25(2,3)36-24(33)30-17-12-16(26)21(27)22(28)20(17)23(31-18-8-4-6-10-34-18)15-13-29-32(14-15)19-9-5-7-11-35-19/h12-14,18-19H,4-11,28H2,1-3H3,(H,30,33)/b31-23+. The van der Waals surface area contributed by atoms with E-state index in [2.05, 4.69) is 10.4 Å². The highest BCUT2D eigenvalue weighted by Gasteiger charge is 2.27.